The fourth-order valence-corrected chi connectivity index (χ4v) is 1.35. The third-order valence-electron chi connectivity index (χ3n) is 1.31. The van der Waals surface area contributed by atoms with Gasteiger partial charge in [0.1, 0.15) is 0 Å². The molecule has 0 saturated heterocycles. The molecule has 68 valence electrons. The van der Waals surface area contributed by atoms with Crippen LogP contribution in [0.4, 0.5) is 0 Å². The summed E-state index contributed by atoms with van der Waals surface area (Å²) in [5.41, 5.74) is 2.03. The summed E-state index contributed by atoms with van der Waals surface area (Å²) in [7, 11) is 0. The third-order valence-corrected chi connectivity index (χ3v) is 2.53. The van der Waals surface area contributed by atoms with Crippen molar-refractivity contribution in [1.29, 1.82) is 0 Å². The number of carbonyl (C=O) groups is 1. The van der Waals surface area contributed by atoms with E-state index in [0.717, 1.165) is 11.3 Å². The standard InChI is InChI=1S/C8H14N2OS/c1-4-7(5-2)12-6(3)8(11)10-9/h4H,3,5,9H2,1-2H3,(H,10,11)/b7-4-. The molecule has 3 N–H and O–H groups in total. The van der Waals surface area contributed by atoms with Gasteiger partial charge in [-0.3, -0.25) is 10.2 Å². The Hall–Kier alpha value is -0.740. The first-order valence-corrected chi connectivity index (χ1v) is 4.50. The Morgan fingerprint density at radius 1 is 1.75 bits per heavy atom. The lowest BCUT2D eigenvalue weighted by Crippen LogP contribution is -2.30. The number of nitrogens with one attached hydrogen (secondary N) is 1. The smallest absolute Gasteiger partial charge is 0.271 e. The first kappa shape index (κ1) is 11.3. The summed E-state index contributed by atoms with van der Waals surface area (Å²) in [5.74, 6) is 4.61. The van der Waals surface area contributed by atoms with Gasteiger partial charge in [-0.15, -0.1) is 0 Å². The molecule has 0 heterocycles. The summed E-state index contributed by atoms with van der Waals surface area (Å²) in [6, 6.07) is 0. The molecule has 0 unspecified atom stereocenters. The lowest BCUT2D eigenvalue weighted by molar-refractivity contribution is -0.116. The highest BCUT2D eigenvalue weighted by Gasteiger charge is 2.06. The molecule has 0 spiro atoms. The Labute approximate surface area is 77.1 Å². The van der Waals surface area contributed by atoms with E-state index in [2.05, 4.69) is 6.58 Å². The van der Waals surface area contributed by atoms with Crippen LogP contribution in [-0.4, -0.2) is 5.91 Å². The Kier molecular flexibility index (Phi) is 5.49. The largest absolute Gasteiger partial charge is 0.290 e. The normalized spacial score (nSPS) is 11.1. The predicted octanol–water partition coefficient (Wildman–Crippen LogP) is 1.54. The van der Waals surface area contributed by atoms with Crippen LogP contribution >= 0.6 is 11.8 Å². The van der Waals surface area contributed by atoms with Crippen molar-refractivity contribution in [3.05, 3.63) is 22.5 Å². The highest BCUT2D eigenvalue weighted by atomic mass is 32.2. The number of thioether (sulfide) groups is 1. The van der Waals surface area contributed by atoms with E-state index in [1.165, 1.54) is 11.8 Å². The van der Waals surface area contributed by atoms with E-state index >= 15 is 0 Å². The average Bonchev–Trinajstić information content (AvgIpc) is 2.12. The van der Waals surface area contributed by atoms with Crippen molar-refractivity contribution < 1.29 is 4.79 Å². The van der Waals surface area contributed by atoms with Crippen LogP contribution in [-0.2, 0) is 4.79 Å². The molecule has 0 aliphatic carbocycles. The van der Waals surface area contributed by atoms with Crippen molar-refractivity contribution >= 4 is 17.7 Å². The van der Waals surface area contributed by atoms with E-state index in [1.807, 2.05) is 25.3 Å². The van der Waals surface area contributed by atoms with Crippen LogP contribution < -0.4 is 11.3 Å². The molecule has 12 heavy (non-hydrogen) atoms. The number of nitrogens with two attached hydrogens (primary N) is 1. The summed E-state index contributed by atoms with van der Waals surface area (Å²) in [4.78, 5) is 12.4. The number of hydrogen-bond acceptors (Lipinski definition) is 3. The fourth-order valence-electron chi connectivity index (χ4n) is 0.620. The second kappa shape index (κ2) is 5.85. The van der Waals surface area contributed by atoms with Gasteiger partial charge in [0.15, 0.2) is 0 Å². The van der Waals surface area contributed by atoms with Gasteiger partial charge >= 0.3 is 0 Å². The SMILES string of the molecule is C=C(S/C(=C\C)CC)C(=O)NN. The first-order chi connectivity index (χ1) is 5.65. The highest BCUT2D eigenvalue weighted by molar-refractivity contribution is 8.07. The van der Waals surface area contributed by atoms with Crippen molar-refractivity contribution in [3.63, 3.8) is 0 Å². The zero-order chi connectivity index (χ0) is 9.56. The zero-order valence-electron chi connectivity index (χ0n) is 7.39. The van der Waals surface area contributed by atoms with Gasteiger partial charge in [0.05, 0.1) is 4.91 Å². The van der Waals surface area contributed by atoms with E-state index in [-0.39, 0.29) is 5.91 Å². The van der Waals surface area contributed by atoms with Gasteiger partial charge in [0.2, 0.25) is 0 Å². The molecule has 0 rings (SSSR count). The topological polar surface area (TPSA) is 55.1 Å². The minimum Gasteiger partial charge on any atom is -0.290 e. The average molecular weight is 186 g/mol. The number of carbonyl (C=O) groups excluding carboxylic acids is 1. The maximum Gasteiger partial charge on any atom is 0.271 e. The van der Waals surface area contributed by atoms with E-state index < -0.39 is 0 Å². The fraction of sp³-hybridized carbons (Fsp3) is 0.375. The van der Waals surface area contributed by atoms with Crippen LogP contribution in [0.3, 0.4) is 0 Å². The molecule has 0 aliphatic rings. The molecule has 0 saturated carbocycles. The molecule has 4 heteroatoms. The summed E-state index contributed by atoms with van der Waals surface area (Å²) in [6.07, 6.45) is 2.86. The molecule has 0 aromatic rings. The predicted molar refractivity (Wildman–Crippen MR) is 53.1 cm³/mol. The van der Waals surface area contributed by atoms with Crippen LogP contribution in [0.2, 0.25) is 0 Å². The van der Waals surface area contributed by atoms with Gasteiger partial charge in [-0.2, -0.15) is 0 Å². The van der Waals surface area contributed by atoms with Crippen LogP contribution in [0.15, 0.2) is 22.5 Å². The summed E-state index contributed by atoms with van der Waals surface area (Å²) >= 11 is 1.35. The van der Waals surface area contributed by atoms with Crippen LogP contribution in [0.25, 0.3) is 0 Å². The van der Waals surface area contributed by atoms with Crippen LogP contribution in [0, 0.1) is 0 Å². The number of hydrazine groups is 1. The number of rotatable bonds is 4. The Bertz CT molecular complexity index is 211. The monoisotopic (exact) mass is 186 g/mol. The molecule has 3 nitrogen and oxygen atoms in total. The molecule has 0 aliphatic heterocycles. The van der Waals surface area contributed by atoms with Crippen molar-refractivity contribution in [3.8, 4) is 0 Å². The van der Waals surface area contributed by atoms with E-state index in [9.17, 15) is 4.79 Å². The lowest BCUT2D eigenvalue weighted by atomic mass is 10.4. The Balaban J connectivity index is 4.08. The Morgan fingerprint density at radius 2 is 2.33 bits per heavy atom. The summed E-state index contributed by atoms with van der Waals surface area (Å²) < 4.78 is 0. The molecule has 0 atom stereocenters. The van der Waals surface area contributed by atoms with Crippen molar-refractivity contribution in [1.82, 2.24) is 5.43 Å². The highest BCUT2D eigenvalue weighted by Crippen LogP contribution is 2.25. The molecular weight excluding hydrogens is 172 g/mol. The van der Waals surface area contributed by atoms with E-state index in [4.69, 9.17) is 5.84 Å². The molecule has 0 bridgehead atoms. The maximum atomic E-state index is 10.9. The minimum absolute atomic E-state index is 0.326. The Morgan fingerprint density at radius 3 is 2.67 bits per heavy atom. The van der Waals surface area contributed by atoms with Crippen molar-refractivity contribution in [2.24, 2.45) is 5.84 Å². The first-order valence-electron chi connectivity index (χ1n) is 3.68. The minimum atomic E-state index is -0.326. The molecule has 0 aromatic heterocycles. The van der Waals surface area contributed by atoms with Gasteiger partial charge in [-0.25, -0.2) is 5.84 Å². The zero-order valence-corrected chi connectivity index (χ0v) is 8.20. The van der Waals surface area contributed by atoms with Crippen molar-refractivity contribution in [2.45, 2.75) is 20.3 Å². The lowest BCUT2D eigenvalue weighted by Gasteiger charge is -2.04. The number of amides is 1. The second-order valence-corrected chi connectivity index (χ2v) is 3.33. The van der Waals surface area contributed by atoms with Gasteiger partial charge in [-0.1, -0.05) is 31.3 Å². The summed E-state index contributed by atoms with van der Waals surface area (Å²) in [5, 5.41) is 0. The summed E-state index contributed by atoms with van der Waals surface area (Å²) in [6.45, 7) is 7.55. The quantitative estimate of drug-likeness (QED) is 0.303. The maximum absolute atomic E-state index is 10.9. The van der Waals surface area contributed by atoms with Gasteiger partial charge in [0.25, 0.3) is 5.91 Å². The third kappa shape index (κ3) is 3.59. The molecule has 0 radical (unpaired) electrons. The van der Waals surface area contributed by atoms with Gasteiger partial charge in [-0.05, 0) is 18.2 Å². The molecule has 0 aromatic carbocycles. The second-order valence-electron chi connectivity index (χ2n) is 2.11. The van der Waals surface area contributed by atoms with Crippen molar-refractivity contribution in [2.75, 3.05) is 0 Å². The molecule has 1 amide bonds. The molecular formula is C8H14N2OS. The number of allylic oxidation sites excluding steroid dienone is 2. The van der Waals surface area contributed by atoms with Gasteiger partial charge < -0.3 is 0 Å². The van der Waals surface area contributed by atoms with Crippen LogP contribution in [0.5, 0.6) is 0 Å². The molecule has 0 fully saturated rings. The van der Waals surface area contributed by atoms with E-state index in [0.29, 0.717) is 4.91 Å². The number of hydrogen-bond donors (Lipinski definition) is 2. The van der Waals surface area contributed by atoms with E-state index in [1.54, 1.807) is 0 Å². The van der Waals surface area contributed by atoms with Gasteiger partial charge in [0, 0.05) is 0 Å². The van der Waals surface area contributed by atoms with Crippen LogP contribution in [0.1, 0.15) is 20.3 Å².